The third-order valence-electron chi connectivity index (χ3n) is 3.65. The molecule has 4 heteroatoms. The zero-order valence-corrected chi connectivity index (χ0v) is 12.8. The van der Waals surface area contributed by atoms with E-state index in [9.17, 15) is 4.39 Å². The maximum Gasteiger partial charge on any atom is 0.127 e. The van der Waals surface area contributed by atoms with Crippen molar-refractivity contribution in [2.75, 3.05) is 0 Å². The van der Waals surface area contributed by atoms with Crippen LogP contribution in [0.3, 0.4) is 0 Å². The minimum atomic E-state index is -0.280. The molecular weight excluding hydrogens is 287 g/mol. The maximum absolute atomic E-state index is 13.8. The Morgan fingerprint density at radius 2 is 1.90 bits per heavy atom. The Morgan fingerprint density at radius 3 is 2.52 bits per heavy atom. The molecule has 2 aromatic rings. The van der Waals surface area contributed by atoms with E-state index in [0.717, 1.165) is 12.8 Å². The van der Waals surface area contributed by atoms with E-state index in [2.05, 4.69) is 36.6 Å². The van der Waals surface area contributed by atoms with Gasteiger partial charge in [-0.05, 0) is 43.9 Å². The lowest BCUT2D eigenvalue weighted by atomic mass is 9.99. The minimum Gasteiger partial charge on any atom is -0.271 e. The van der Waals surface area contributed by atoms with Gasteiger partial charge >= 0.3 is 0 Å². The summed E-state index contributed by atoms with van der Waals surface area (Å²) in [6.45, 7) is 2.06. The molecule has 0 aromatic heterocycles. The summed E-state index contributed by atoms with van der Waals surface area (Å²) in [5, 5.41) is 0.450. The van der Waals surface area contributed by atoms with Crippen molar-refractivity contribution in [2.45, 2.75) is 32.2 Å². The second-order valence-corrected chi connectivity index (χ2v) is 5.70. The quantitative estimate of drug-likeness (QED) is 0.629. The molecule has 3 N–H and O–H groups in total. The Labute approximate surface area is 130 Å². The van der Waals surface area contributed by atoms with Crippen LogP contribution in [0.25, 0.3) is 0 Å². The SMILES string of the molecule is Cc1ccc(CCC(Cc2c(F)cccc2Cl)NN)cc1. The van der Waals surface area contributed by atoms with Crippen LogP contribution >= 0.6 is 11.6 Å². The summed E-state index contributed by atoms with van der Waals surface area (Å²) < 4.78 is 13.8. The topological polar surface area (TPSA) is 38.0 Å². The molecule has 0 bridgehead atoms. The van der Waals surface area contributed by atoms with E-state index in [-0.39, 0.29) is 11.9 Å². The number of hydrazine groups is 1. The first-order valence-corrected chi connectivity index (χ1v) is 7.42. The molecule has 0 saturated heterocycles. The van der Waals surface area contributed by atoms with Crippen LogP contribution in [0.15, 0.2) is 42.5 Å². The number of rotatable bonds is 6. The second kappa shape index (κ2) is 7.55. The molecule has 2 aromatic carbocycles. The van der Waals surface area contributed by atoms with Crippen molar-refractivity contribution in [3.05, 3.63) is 70.0 Å². The molecule has 0 saturated carbocycles. The summed E-state index contributed by atoms with van der Waals surface area (Å²) in [5.41, 5.74) is 5.77. The number of aryl methyl sites for hydroxylation is 2. The van der Waals surface area contributed by atoms with Crippen LogP contribution in [0.2, 0.25) is 5.02 Å². The highest BCUT2D eigenvalue weighted by Crippen LogP contribution is 2.21. The van der Waals surface area contributed by atoms with Gasteiger partial charge in [0.2, 0.25) is 0 Å². The fraction of sp³-hybridized carbons (Fsp3) is 0.294. The van der Waals surface area contributed by atoms with Gasteiger partial charge in [0.05, 0.1) is 0 Å². The first kappa shape index (κ1) is 16.0. The predicted octanol–water partition coefficient (Wildman–Crippen LogP) is 3.79. The summed E-state index contributed by atoms with van der Waals surface area (Å²) in [6, 6.07) is 13.1. The Morgan fingerprint density at radius 1 is 1.19 bits per heavy atom. The largest absolute Gasteiger partial charge is 0.271 e. The van der Waals surface area contributed by atoms with Crippen molar-refractivity contribution in [1.29, 1.82) is 0 Å². The molecule has 0 aliphatic rings. The first-order chi connectivity index (χ1) is 10.1. The predicted molar refractivity (Wildman–Crippen MR) is 85.7 cm³/mol. The average molecular weight is 307 g/mol. The Hall–Kier alpha value is -1.42. The normalized spacial score (nSPS) is 12.4. The molecule has 0 spiro atoms. The molecule has 0 heterocycles. The van der Waals surface area contributed by atoms with Crippen LogP contribution in [0.4, 0.5) is 4.39 Å². The fourth-order valence-electron chi connectivity index (χ4n) is 2.31. The molecule has 0 radical (unpaired) electrons. The second-order valence-electron chi connectivity index (χ2n) is 5.29. The molecule has 0 aliphatic heterocycles. The van der Waals surface area contributed by atoms with E-state index in [1.54, 1.807) is 12.1 Å². The van der Waals surface area contributed by atoms with E-state index in [0.29, 0.717) is 17.0 Å². The van der Waals surface area contributed by atoms with Crippen molar-refractivity contribution in [3.8, 4) is 0 Å². The monoisotopic (exact) mass is 306 g/mol. The van der Waals surface area contributed by atoms with Gasteiger partial charge in [0.1, 0.15) is 5.82 Å². The van der Waals surface area contributed by atoms with Gasteiger partial charge in [-0.15, -0.1) is 0 Å². The molecule has 21 heavy (non-hydrogen) atoms. The van der Waals surface area contributed by atoms with Crippen molar-refractivity contribution < 1.29 is 4.39 Å². The number of halogens is 2. The zero-order chi connectivity index (χ0) is 15.2. The molecule has 1 unspecified atom stereocenters. The lowest BCUT2D eigenvalue weighted by Crippen LogP contribution is -2.37. The summed E-state index contributed by atoms with van der Waals surface area (Å²) in [4.78, 5) is 0. The number of benzene rings is 2. The molecule has 0 aliphatic carbocycles. The summed E-state index contributed by atoms with van der Waals surface area (Å²) in [6.07, 6.45) is 2.19. The number of nitrogens with one attached hydrogen (secondary N) is 1. The number of nitrogens with two attached hydrogens (primary N) is 1. The highest BCUT2D eigenvalue weighted by atomic mass is 35.5. The molecule has 2 rings (SSSR count). The van der Waals surface area contributed by atoms with Crippen LogP contribution in [-0.2, 0) is 12.8 Å². The molecule has 2 nitrogen and oxygen atoms in total. The van der Waals surface area contributed by atoms with Gasteiger partial charge in [0.15, 0.2) is 0 Å². The Balaban J connectivity index is 1.98. The summed E-state index contributed by atoms with van der Waals surface area (Å²) >= 11 is 6.06. The molecule has 112 valence electrons. The summed E-state index contributed by atoms with van der Waals surface area (Å²) in [5.74, 6) is 5.31. The Kier molecular flexibility index (Phi) is 5.74. The van der Waals surface area contributed by atoms with Gasteiger partial charge in [0, 0.05) is 16.6 Å². The van der Waals surface area contributed by atoms with Crippen LogP contribution in [0.5, 0.6) is 0 Å². The fourth-order valence-corrected chi connectivity index (χ4v) is 2.55. The molecule has 0 amide bonds. The third-order valence-corrected chi connectivity index (χ3v) is 4.00. The third kappa shape index (κ3) is 4.53. The van der Waals surface area contributed by atoms with Gasteiger partial charge in [-0.25, -0.2) is 4.39 Å². The molecule has 0 fully saturated rings. The Bertz CT molecular complexity index is 564. The van der Waals surface area contributed by atoms with E-state index < -0.39 is 0 Å². The first-order valence-electron chi connectivity index (χ1n) is 7.04. The van der Waals surface area contributed by atoms with Crippen LogP contribution in [0, 0.1) is 12.7 Å². The highest BCUT2D eigenvalue weighted by Gasteiger charge is 2.14. The van der Waals surface area contributed by atoms with E-state index in [1.165, 1.54) is 17.2 Å². The van der Waals surface area contributed by atoms with Crippen molar-refractivity contribution in [2.24, 2.45) is 5.84 Å². The van der Waals surface area contributed by atoms with Gasteiger partial charge in [-0.1, -0.05) is 47.5 Å². The van der Waals surface area contributed by atoms with Crippen molar-refractivity contribution >= 4 is 11.6 Å². The van der Waals surface area contributed by atoms with Gasteiger partial charge in [0.25, 0.3) is 0 Å². The molecule has 1 atom stereocenters. The number of hydrogen-bond acceptors (Lipinski definition) is 2. The van der Waals surface area contributed by atoms with E-state index in [1.807, 2.05) is 0 Å². The highest BCUT2D eigenvalue weighted by molar-refractivity contribution is 6.31. The van der Waals surface area contributed by atoms with Gasteiger partial charge in [-0.2, -0.15) is 0 Å². The van der Waals surface area contributed by atoms with Crippen LogP contribution < -0.4 is 11.3 Å². The lowest BCUT2D eigenvalue weighted by molar-refractivity contribution is 0.480. The average Bonchev–Trinajstić information content (AvgIpc) is 2.48. The number of hydrogen-bond donors (Lipinski definition) is 2. The zero-order valence-electron chi connectivity index (χ0n) is 12.1. The van der Waals surface area contributed by atoms with Crippen LogP contribution in [-0.4, -0.2) is 6.04 Å². The van der Waals surface area contributed by atoms with Crippen molar-refractivity contribution in [1.82, 2.24) is 5.43 Å². The van der Waals surface area contributed by atoms with Crippen molar-refractivity contribution in [3.63, 3.8) is 0 Å². The molecular formula is C17H20ClFN2. The standard InChI is InChI=1S/C17H20ClFN2/c1-12-5-7-13(8-6-12)9-10-14(21-20)11-15-16(18)3-2-4-17(15)19/h2-8,14,21H,9-11,20H2,1H3. The van der Waals surface area contributed by atoms with E-state index >= 15 is 0 Å². The lowest BCUT2D eigenvalue weighted by Gasteiger charge is -2.17. The van der Waals surface area contributed by atoms with E-state index in [4.69, 9.17) is 17.4 Å². The maximum atomic E-state index is 13.8. The smallest absolute Gasteiger partial charge is 0.127 e. The minimum absolute atomic E-state index is 0.0132. The summed E-state index contributed by atoms with van der Waals surface area (Å²) in [7, 11) is 0. The van der Waals surface area contributed by atoms with Crippen LogP contribution in [0.1, 0.15) is 23.1 Å². The van der Waals surface area contributed by atoms with Gasteiger partial charge < -0.3 is 0 Å². The van der Waals surface area contributed by atoms with Gasteiger partial charge in [-0.3, -0.25) is 11.3 Å².